The van der Waals surface area contributed by atoms with Crippen molar-refractivity contribution < 1.29 is 9.59 Å². The monoisotopic (exact) mass is 354 g/mol. The molecule has 1 atom stereocenters. The van der Waals surface area contributed by atoms with Crippen molar-refractivity contribution in [3.8, 4) is 5.69 Å². The number of hydrogen-bond donors (Lipinski definition) is 0. The topological polar surface area (TPSA) is 67.6 Å². The number of nitrogens with zero attached hydrogens (tertiary/aromatic N) is 4. The number of para-hydroxylation sites is 1. The maximum Gasteiger partial charge on any atom is 0.332 e. The molecule has 1 aromatic heterocycles. The lowest BCUT2D eigenvalue weighted by Gasteiger charge is -2.35. The molecule has 2 aromatic rings. The molecule has 0 unspecified atom stereocenters. The summed E-state index contributed by atoms with van der Waals surface area (Å²) in [7, 11) is 1.76. The summed E-state index contributed by atoms with van der Waals surface area (Å²) in [6.45, 7) is 3.50. The van der Waals surface area contributed by atoms with Crippen LogP contribution in [-0.4, -0.2) is 38.3 Å². The predicted octanol–water partition coefficient (Wildman–Crippen LogP) is 2.19. The van der Waals surface area contributed by atoms with E-state index in [4.69, 9.17) is 0 Å². The molecule has 0 spiro atoms. The van der Waals surface area contributed by atoms with Gasteiger partial charge in [-0.1, -0.05) is 18.2 Å². The second-order valence-corrected chi connectivity index (χ2v) is 7.03. The Labute approximate surface area is 151 Å². The second kappa shape index (κ2) is 5.86. The summed E-state index contributed by atoms with van der Waals surface area (Å²) in [6.07, 6.45) is 2.90. The van der Waals surface area contributed by atoms with Crippen LogP contribution in [0.4, 0.5) is 10.5 Å². The molecule has 2 heterocycles. The zero-order chi connectivity index (χ0) is 18.6. The molecule has 2 aliphatic rings. The highest BCUT2D eigenvalue weighted by Crippen LogP contribution is 2.34. The number of aromatic nitrogens is 2. The zero-order valence-corrected chi connectivity index (χ0v) is 15.2. The Kier molecular flexibility index (Phi) is 3.75. The van der Waals surface area contributed by atoms with Gasteiger partial charge < -0.3 is 4.90 Å². The smallest absolute Gasteiger partial charge is 0.309 e. The minimum absolute atomic E-state index is 0.104. The molecular formula is C19H22N4O3. The molecule has 26 heavy (non-hydrogen) atoms. The van der Waals surface area contributed by atoms with Crippen molar-refractivity contribution >= 4 is 17.6 Å². The average Bonchev–Trinajstić information content (AvgIpc) is 2.93. The quantitative estimate of drug-likeness (QED) is 0.794. The first-order chi connectivity index (χ1) is 12.4. The molecule has 0 N–H and O–H groups in total. The molecule has 136 valence electrons. The van der Waals surface area contributed by atoms with Crippen LogP contribution in [0.15, 0.2) is 35.1 Å². The highest BCUT2D eigenvalue weighted by molar-refractivity contribution is 6.21. The molecule has 4 rings (SSSR count). The number of urea groups is 1. The molecule has 1 saturated carbocycles. The van der Waals surface area contributed by atoms with E-state index in [0.717, 1.165) is 24.2 Å². The van der Waals surface area contributed by atoms with E-state index >= 15 is 0 Å². The van der Waals surface area contributed by atoms with Gasteiger partial charge in [0.1, 0.15) is 11.7 Å². The molecule has 0 radical (unpaired) electrons. The highest BCUT2D eigenvalue weighted by Gasteiger charge is 2.49. The fourth-order valence-corrected chi connectivity index (χ4v) is 3.84. The van der Waals surface area contributed by atoms with Crippen molar-refractivity contribution in [2.75, 3.05) is 4.90 Å². The molecule has 7 heteroatoms. The van der Waals surface area contributed by atoms with Crippen molar-refractivity contribution in [2.24, 2.45) is 7.05 Å². The Morgan fingerprint density at radius 1 is 1.04 bits per heavy atom. The molecule has 0 bridgehead atoms. The third-order valence-electron chi connectivity index (χ3n) is 5.62. The number of anilines is 1. The average molecular weight is 354 g/mol. The Hall–Kier alpha value is -2.83. The van der Waals surface area contributed by atoms with Gasteiger partial charge in [-0.3, -0.25) is 14.3 Å². The van der Waals surface area contributed by atoms with E-state index in [-0.39, 0.29) is 29.2 Å². The fraction of sp³-hybridized carbons (Fsp3) is 0.421. The number of carbonyl (C=O) groups is 2. The van der Waals surface area contributed by atoms with Crippen molar-refractivity contribution in [1.29, 1.82) is 0 Å². The summed E-state index contributed by atoms with van der Waals surface area (Å²) in [4.78, 5) is 41.7. The number of hydrogen-bond acceptors (Lipinski definition) is 3. The Bertz CT molecular complexity index is 940. The van der Waals surface area contributed by atoms with Crippen molar-refractivity contribution in [1.82, 2.24) is 14.3 Å². The SMILES string of the molecule is Cc1c(N2C(=O)[C@@H](C)N(C3CCC3)C2=O)c(=O)n(-c2ccccc2)n1C. The van der Waals surface area contributed by atoms with E-state index in [1.807, 2.05) is 30.3 Å². The van der Waals surface area contributed by atoms with Gasteiger partial charge in [-0.15, -0.1) is 0 Å². The van der Waals surface area contributed by atoms with E-state index in [1.54, 1.807) is 30.5 Å². The summed E-state index contributed by atoms with van der Waals surface area (Å²) < 4.78 is 3.17. The minimum atomic E-state index is -0.531. The van der Waals surface area contributed by atoms with Crippen molar-refractivity contribution in [3.05, 3.63) is 46.4 Å². The van der Waals surface area contributed by atoms with Crippen LogP contribution in [0, 0.1) is 6.92 Å². The van der Waals surface area contributed by atoms with Crippen LogP contribution in [0.3, 0.4) is 0 Å². The first-order valence-corrected chi connectivity index (χ1v) is 8.93. The van der Waals surface area contributed by atoms with Gasteiger partial charge in [0.05, 0.1) is 11.4 Å². The molecule has 2 fully saturated rings. The van der Waals surface area contributed by atoms with Gasteiger partial charge in [0.25, 0.3) is 11.5 Å². The molecule has 1 aliphatic carbocycles. The summed E-state index contributed by atoms with van der Waals surface area (Å²) in [5.74, 6) is -0.326. The van der Waals surface area contributed by atoms with Crippen molar-refractivity contribution in [3.63, 3.8) is 0 Å². The lowest BCUT2D eigenvalue weighted by molar-refractivity contribution is -0.119. The third kappa shape index (κ3) is 2.16. The van der Waals surface area contributed by atoms with E-state index < -0.39 is 6.04 Å². The lowest BCUT2D eigenvalue weighted by Crippen LogP contribution is -2.46. The van der Waals surface area contributed by atoms with Gasteiger partial charge in [0.15, 0.2) is 0 Å². The maximum atomic E-state index is 13.1. The Morgan fingerprint density at radius 3 is 2.27 bits per heavy atom. The lowest BCUT2D eigenvalue weighted by atomic mass is 9.91. The van der Waals surface area contributed by atoms with Crippen LogP contribution in [0.2, 0.25) is 0 Å². The van der Waals surface area contributed by atoms with Crippen LogP contribution in [-0.2, 0) is 11.8 Å². The van der Waals surface area contributed by atoms with E-state index in [2.05, 4.69) is 0 Å². The van der Waals surface area contributed by atoms with Gasteiger partial charge in [0, 0.05) is 13.1 Å². The van der Waals surface area contributed by atoms with E-state index in [9.17, 15) is 14.4 Å². The predicted molar refractivity (Wildman–Crippen MR) is 97.6 cm³/mol. The summed E-state index contributed by atoms with van der Waals surface area (Å²) >= 11 is 0. The van der Waals surface area contributed by atoms with Crippen LogP contribution in [0.25, 0.3) is 5.69 Å². The van der Waals surface area contributed by atoms with Gasteiger partial charge in [-0.2, -0.15) is 0 Å². The number of amides is 3. The number of rotatable bonds is 3. The van der Waals surface area contributed by atoms with E-state index in [1.165, 1.54) is 4.68 Å². The third-order valence-corrected chi connectivity index (χ3v) is 5.62. The molecule has 7 nitrogen and oxygen atoms in total. The first-order valence-electron chi connectivity index (χ1n) is 8.93. The van der Waals surface area contributed by atoms with Crippen LogP contribution >= 0.6 is 0 Å². The Balaban J connectivity index is 1.83. The number of imide groups is 1. The van der Waals surface area contributed by atoms with Gasteiger partial charge >= 0.3 is 6.03 Å². The molecule has 1 aliphatic heterocycles. The zero-order valence-electron chi connectivity index (χ0n) is 15.2. The maximum absolute atomic E-state index is 13.1. The number of carbonyl (C=O) groups excluding carboxylic acids is 2. The molecule has 3 amide bonds. The minimum Gasteiger partial charge on any atom is -0.309 e. The normalized spacial score (nSPS) is 20.8. The largest absolute Gasteiger partial charge is 0.332 e. The van der Waals surface area contributed by atoms with Gasteiger partial charge in [-0.25, -0.2) is 14.4 Å². The number of benzene rings is 1. The summed E-state index contributed by atoms with van der Waals surface area (Å²) in [5, 5.41) is 0. The van der Waals surface area contributed by atoms with Gasteiger partial charge in [0.2, 0.25) is 0 Å². The molecule has 1 saturated heterocycles. The standard InChI is InChI=1S/C19H22N4O3/c1-12-16(18(25)23(20(12)3)15-8-5-4-6-9-15)22-17(24)13(2)21(19(22)26)14-10-7-11-14/h4-6,8-9,13-14H,7,10-11H2,1-3H3/t13-/m1/s1. The second-order valence-electron chi connectivity index (χ2n) is 7.03. The summed E-state index contributed by atoms with van der Waals surface area (Å²) in [6, 6.07) is 8.40. The van der Waals surface area contributed by atoms with Crippen LogP contribution in [0.5, 0.6) is 0 Å². The molecular weight excluding hydrogens is 332 g/mol. The Morgan fingerprint density at radius 2 is 1.69 bits per heavy atom. The van der Waals surface area contributed by atoms with E-state index in [0.29, 0.717) is 11.4 Å². The van der Waals surface area contributed by atoms with Crippen molar-refractivity contribution in [2.45, 2.75) is 45.2 Å². The van der Waals surface area contributed by atoms with Crippen LogP contribution in [0.1, 0.15) is 31.9 Å². The van der Waals surface area contributed by atoms with Crippen LogP contribution < -0.4 is 10.5 Å². The first kappa shape index (κ1) is 16.6. The highest BCUT2D eigenvalue weighted by atomic mass is 16.2. The molecule has 1 aromatic carbocycles. The fourth-order valence-electron chi connectivity index (χ4n) is 3.84. The summed E-state index contributed by atoms with van der Waals surface area (Å²) in [5.41, 5.74) is 1.07. The van der Waals surface area contributed by atoms with Gasteiger partial charge in [-0.05, 0) is 45.2 Å².